The molecule has 2 N–H and O–H groups in total. The maximum atomic E-state index is 13.4. The lowest BCUT2D eigenvalue weighted by molar-refractivity contribution is 0.133. The van der Waals surface area contributed by atoms with E-state index in [1.165, 1.54) is 0 Å². The van der Waals surface area contributed by atoms with Crippen LogP contribution in [-0.2, 0) is 11.8 Å². The molecule has 10 heteroatoms. The summed E-state index contributed by atoms with van der Waals surface area (Å²) in [5.41, 5.74) is 1.82. The second-order valence-electron chi connectivity index (χ2n) is 9.30. The SMILES string of the molecule is Cn1c(N2CCC3(CCOC3)CC2)nc2[nH]nc(-c3ccnc(NC4CC4)c3Cl)c2c1=O. The summed E-state index contributed by atoms with van der Waals surface area (Å²) in [5.74, 6) is 1.30. The number of aromatic nitrogens is 5. The Hall–Kier alpha value is -2.65. The van der Waals surface area contributed by atoms with Crippen molar-refractivity contribution in [1.82, 2.24) is 24.7 Å². The summed E-state index contributed by atoms with van der Waals surface area (Å²) in [6, 6.07) is 2.21. The molecule has 168 valence electrons. The van der Waals surface area contributed by atoms with Crippen molar-refractivity contribution in [1.29, 1.82) is 0 Å². The smallest absolute Gasteiger partial charge is 0.266 e. The van der Waals surface area contributed by atoms with Crippen molar-refractivity contribution in [2.24, 2.45) is 12.5 Å². The van der Waals surface area contributed by atoms with E-state index in [0.717, 1.165) is 58.4 Å². The van der Waals surface area contributed by atoms with Crippen molar-refractivity contribution in [3.8, 4) is 11.3 Å². The van der Waals surface area contributed by atoms with Gasteiger partial charge in [0.05, 0.1) is 11.6 Å². The Balaban J connectivity index is 1.36. The van der Waals surface area contributed by atoms with Crippen LogP contribution < -0.4 is 15.8 Å². The van der Waals surface area contributed by atoms with Crippen LogP contribution in [0.25, 0.3) is 22.3 Å². The van der Waals surface area contributed by atoms with Crippen LogP contribution in [0, 0.1) is 5.41 Å². The molecule has 6 rings (SSSR count). The number of halogens is 1. The van der Waals surface area contributed by atoms with E-state index < -0.39 is 0 Å². The van der Waals surface area contributed by atoms with E-state index in [1.54, 1.807) is 23.9 Å². The van der Waals surface area contributed by atoms with Crippen molar-refractivity contribution in [2.45, 2.75) is 38.1 Å². The number of ether oxygens (including phenoxy) is 1. The van der Waals surface area contributed by atoms with Crippen molar-refractivity contribution in [3.05, 3.63) is 27.6 Å². The van der Waals surface area contributed by atoms with Gasteiger partial charge < -0.3 is 15.0 Å². The molecule has 0 atom stereocenters. The minimum atomic E-state index is -0.136. The Morgan fingerprint density at radius 2 is 2.09 bits per heavy atom. The Kier molecular flexibility index (Phi) is 4.65. The number of H-pyrrole nitrogens is 1. The number of fused-ring (bicyclic) bond motifs is 1. The van der Waals surface area contributed by atoms with Gasteiger partial charge in [-0.1, -0.05) is 11.6 Å². The van der Waals surface area contributed by atoms with Gasteiger partial charge in [0.25, 0.3) is 5.56 Å². The molecule has 0 bridgehead atoms. The molecule has 0 radical (unpaired) electrons. The molecule has 1 saturated carbocycles. The van der Waals surface area contributed by atoms with Crippen LogP contribution >= 0.6 is 11.6 Å². The topological polar surface area (TPSA) is 101 Å². The number of anilines is 2. The van der Waals surface area contributed by atoms with Crippen LogP contribution in [-0.4, -0.2) is 57.1 Å². The molecule has 0 amide bonds. The Morgan fingerprint density at radius 3 is 2.81 bits per heavy atom. The first-order chi connectivity index (χ1) is 15.5. The predicted molar refractivity (Wildman–Crippen MR) is 123 cm³/mol. The summed E-state index contributed by atoms with van der Waals surface area (Å²) in [7, 11) is 1.78. The zero-order chi connectivity index (χ0) is 21.9. The molecule has 0 aromatic carbocycles. The molecule has 1 aliphatic carbocycles. The molecule has 3 aromatic rings. The first-order valence-electron chi connectivity index (χ1n) is 11.2. The molecule has 3 aliphatic rings. The predicted octanol–water partition coefficient (Wildman–Crippen LogP) is 2.95. The Bertz CT molecular complexity index is 1230. The largest absolute Gasteiger partial charge is 0.381 e. The van der Waals surface area contributed by atoms with Crippen molar-refractivity contribution in [2.75, 3.05) is 36.5 Å². The van der Waals surface area contributed by atoms with E-state index in [2.05, 4.69) is 25.4 Å². The standard InChI is InChI=1S/C22H26ClN7O2/c1-29-20(31)15-17(14-4-8-24-19(16(14)23)25-13-2-3-13)27-28-18(15)26-21(29)30-9-5-22(6-10-30)7-11-32-12-22/h4,8,13H,2-3,5-7,9-12H2,1H3,(H,24,25)(H,27,28). The number of piperidine rings is 1. The van der Waals surface area contributed by atoms with Crippen molar-refractivity contribution < 1.29 is 4.74 Å². The molecule has 9 nitrogen and oxygen atoms in total. The van der Waals surface area contributed by atoms with Crippen LogP contribution in [0.4, 0.5) is 11.8 Å². The van der Waals surface area contributed by atoms with Crippen LogP contribution in [0.1, 0.15) is 32.1 Å². The van der Waals surface area contributed by atoms with Gasteiger partial charge in [0.15, 0.2) is 5.65 Å². The van der Waals surface area contributed by atoms with E-state index >= 15 is 0 Å². The van der Waals surface area contributed by atoms with E-state index in [0.29, 0.717) is 50.5 Å². The maximum absolute atomic E-state index is 13.4. The molecule has 3 aromatic heterocycles. The number of hydrogen-bond donors (Lipinski definition) is 2. The van der Waals surface area contributed by atoms with Gasteiger partial charge in [0.1, 0.15) is 16.9 Å². The molecule has 5 heterocycles. The normalized spacial score (nSPS) is 20.4. The minimum absolute atomic E-state index is 0.136. The first-order valence-corrected chi connectivity index (χ1v) is 11.6. The third-order valence-electron chi connectivity index (χ3n) is 7.13. The lowest BCUT2D eigenvalue weighted by Gasteiger charge is -2.39. The monoisotopic (exact) mass is 455 g/mol. The second kappa shape index (κ2) is 7.45. The maximum Gasteiger partial charge on any atom is 0.266 e. The van der Waals surface area contributed by atoms with Crippen molar-refractivity contribution in [3.63, 3.8) is 0 Å². The molecule has 3 fully saturated rings. The lowest BCUT2D eigenvalue weighted by Crippen LogP contribution is -2.43. The van der Waals surface area contributed by atoms with E-state index in [-0.39, 0.29) is 5.56 Å². The van der Waals surface area contributed by atoms with Gasteiger partial charge in [0.2, 0.25) is 5.95 Å². The lowest BCUT2D eigenvalue weighted by atomic mass is 9.78. The quantitative estimate of drug-likeness (QED) is 0.623. The summed E-state index contributed by atoms with van der Waals surface area (Å²) in [4.78, 5) is 24.8. The summed E-state index contributed by atoms with van der Waals surface area (Å²) >= 11 is 6.65. The Morgan fingerprint density at radius 1 is 1.28 bits per heavy atom. The highest BCUT2D eigenvalue weighted by Gasteiger charge is 2.39. The molecule has 1 spiro atoms. The summed E-state index contributed by atoms with van der Waals surface area (Å²) in [5, 5.41) is 11.6. The van der Waals surface area contributed by atoms with E-state index in [4.69, 9.17) is 21.3 Å². The van der Waals surface area contributed by atoms with Crippen molar-refractivity contribution >= 4 is 34.4 Å². The molecule has 0 unspecified atom stereocenters. The second-order valence-corrected chi connectivity index (χ2v) is 9.68. The van der Waals surface area contributed by atoms with Crippen LogP contribution in [0.2, 0.25) is 5.02 Å². The summed E-state index contributed by atoms with van der Waals surface area (Å²) in [6.07, 6.45) is 7.16. The van der Waals surface area contributed by atoms with Gasteiger partial charge in [-0.3, -0.25) is 14.5 Å². The molecule has 2 aliphatic heterocycles. The summed E-state index contributed by atoms with van der Waals surface area (Å²) < 4.78 is 7.27. The van der Waals surface area contributed by atoms with Gasteiger partial charge in [0, 0.05) is 44.5 Å². The fraction of sp³-hybridized carbons (Fsp3) is 0.545. The number of aromatic amines is 1. The fourth-order valence-electron chi connectivity index (χ4n) is 4.90. The average Bonchev–Trinajstić information content (AvgIpc) is 3.34. The third-order valence-corrected chi connectivity index (χ3v) is 7.51. The van der Waals surface area contributed by atoms with Gasteiger partial charge >= 0.3 is 0 Å². The molecule has 2 saturated heterocycles. The number of hydrogen-bond acceptors (Lipinski definition) is 7. The van der Waals surface area contributed by atoms with Gasteiger partial charge in [-0.05, 0) is 43.6 Å². The van der Waals surface area contributed by atoms with Crippen LogP contribution in [0.3, 0.4) is 0 Å². The average molecular weight is 456 g/mol. The fourth-order valence-corrected chi connectivity index (χ4v) is 5.16. The molecular weight excluding hydrogens is 430 g/mol. The zero-order valence-electron chi connectivity index (χ0n) is 18.0. The van der Waals surface area contributed by atoms with Gasteiger partial charge in [-0.15, -0.1) is 0 Å². The first kappa shape index (κ1) is 20.0. The molecule has 32 heavy (non-hydrogen) atoms. The van der Waals surface area contributed by atoms with E-state index in [1.807, 2.05) is 0 Å². The van der Waals surface area contributed by atoms with Crippen LogP contribution in [0.5, 0.6) is 0 Å². The Labute approximate surface area is 190 Å². The summed E-state index contributed by atoms with van der Waals surface area (Å²) in [6.45, 7) is 3.43. The van der Waals surface area contributed by atoms with Gasteiger partial charge in [-0.2, -0.15) is 10.1 Å². The van der Waals surface area contributed by atoms with E-state index in [9.17, 15) is 4.79 Å². The van der Waals surface area contributed by atoms with Gasteiger partial charge in [-0.25, -0.2) is 4.98 Å². The number of nitrogens with one attached hydrogen (secondary N) is 2. The third kappa shape index (κ3) is 3.26. The highest BCUT2D eigenvalue weighted by atomic mass is 35.5. The number of nitrogens with zero attached hydrogens (tertiary/aromatic N) is 5. The van der Waals surface area contributed by atoms with Crippen LogP contribution in [0.15, 0.2) is 17.1 Å². The molecular formula is C22H26ClN7O2. The minimum Gasteiger partial charge on any atom is -0.381 e. The highest BCUT2D eigenvalue weighted by Crippen LogP contribution is 2.40. The zero-order valence-corrected chi connectivity index (χ0v) is 18.8. The number of pyridine rings is 1. The highest BCUT2D eigenvalue weighted by molar-refractivity contribution is 6.36. The number of rotatable bonds is 4.